The van der Waals surface area contributed by atoms with Gasteiger partial charge in [-0.3, -0.25) is 0 Å². The minimum atomic E-state index is -0.491. The predicted octanol–water partition coefficient (Wildman–Crippen LogP) is 2.46. The van der Waals surface area contributed by atoms with Gasteiger partial charge in [-0.25, -0.2) is 4.79 Å². The summed E-state index contributed by atoms with van der Waals surface area (Å²) in [6.45, 7) is 2.44. The van der Waals surface area contributed by atoms with E-state index in [2.05, 4.69) is 0 Å². The standard InChI is InChI=1S/C13H16O3S/c1-9-10-5-3-4-6-11(10)16-12(9)13(14)15-7-8-17-2/h3-6,9,12H,7-8H2,1-2H3/t9-,12-/m0/s1. The molecule has 3 nitrogen and oxygen atoms in total. The number of benzene rings is 1. The van der Waals surface area contributed by atoms with Crippen LogP contribution in [0.5, 0.6) is 5.75 Å². The average Bonchev–Trinajstić information content (AvgIpc) is 2.68. The van der Waals surface area contributed by atoms with Crippen molar-refractivity contribution in [3.8, 4) is 5.75 Å². The zero-order valence-corrected chi connectivity index (χ0v) is 10.8. The number of carbonyl (C=O) groups is 1. The van der Waals surface area contributed by atoms with Crippen molar-refractivity contribution in [3.05, 3.63) is 29.8 Å². The zero-order valence-electron chi connectivity index (χ0n) is 10.0. The average molecular weight is 252 g/mol. The monoisotopic (exact) mass is 252 g/mol. The number of hydrogen-bond acceptors (Lipinski definition) is 4. The SMILES string of the molecule is CSCCOC(=O)[C@H]1Oc2ccccc2[C@@H]1C. The summed E-state index contributed by atoms with van der Waals surface area (Å²) in [6.07, 6.45) is 1.49. The second kappa shape index (κ2) is 5.45. The molecular formula is C13H16O3S. The maximum absolute atomic E-state index is 11.8. The molecule has 0 unspecified atom stereocenters. The summed E-state index contributed by atoms with van der Waals surface area (Å²) in [6, 6.07) is 7.75. The van der Waals surface area contributed by atoms with Crippen molar-refractivity contribution in [3.63, 3.8) is 0 Å². The van der Waals surface area contributed by atoms with Gasteiger partial charge in [0.05, 0.1) is 0 Å². The lowest BCUT2D eigenvalue weighted by Crippen LogP contribution is -2.30. The number of thioether (sulfide) groups is 1. The van der Waals surface area contributed by atoms with E-state index in [1.54, 1.807) is 11.8 Å². The second-order valence-corrected chi connectivity index (χ2v) is 5.01. The molecule has 0 spiro atoms. The molecule has 0 amide bonds. The first kappa shape index (κ1) is 12.3. The molecule has 0 aliphatic carbocycles. The number of ether oxygens (including phenoxy) is 2. The molecule has 2 atom stereocenters. The van der Waals surface area contributed by atoms with Crippen LogP contribution < -0.4 is 4.74 Å². The van der Waals surface area contributed by atoms with Crippen molar-refractivity contribution < 1.29 is 14.3 Å². The topological polar surface area (TPSA) is 35.5 Å². The molecule has 1 aromatic rings. The van der Waals surface area contributed by atoms with Crippen molar-refractivity contribution >= 4 is 17.7 Å². The Hall–Kier alpha value is -1.16. The summed E-state index contributed by atoms with van der Waals surface area (Å²) < 4.78 is 10.8. The second-order valence-electron chi connectivity index (χ2n) is 4.03. The quantitative estimate of drug-likeness (QED) is 0.609. The number of esters is 1. The summed E-state index contributed by atoms with van der Waals surface area (Å²) >= 11 is 1.66. The first-order chi connectivity index (χ1) is 8.24. The summed E-state index contributed by atoms with van der Waals surface area (Å²) in [5, 5.41) is 0. The molecule has 0 radical (unpaired) electrons. The Kier molecular flexibility index (Phi) is 3.94. The molecule has 1 aromatic carbocycles. The molecule has 1 aliphatic heterocycles. The van der Waals surface area contributed by atoms with Gasteiger partial charge in [-0.1, -0.05) is 25.1 Å². The van der Waals surface area contributed by atoms with Crippen LogP contribution >= 0.6 is 11.8 Å². The van der Waals surface area contributed by atoms with Crippen molar-refractivity contribution in [1.82, 2.24) is 0 Å². The summed E-state index contributed by atoms with van der Waals surface area (Å²) in [4.78, 5) is 11.8. The smallest absolute Gasteiger partial charge is 0.348 e. The molecule has 0 aromatic heterocycles. The highest BCUT2D eigenvalue weighted by Gasteiger charge is 2.37. The molecule has 0 bridgehead atoms. The van der Waals surface area contributed by atoms with E-state index in [4.69, 9.17) is 9.47 Å². The van der Waals surface area contributed by atoms with Gasteiger partial charge in [-0.15, -0.1) is 0 Å². The predicted molar refractivity (Wildman–Crippen MR) is 68.6 cm³/mol. The van der Waals surface area contributed by atoms with Gasteiger partial charge in [-0.2, -0.15) is 11.8 Å². The van der Waals surface area contributed by atoms with Crippen molar-refractivity contribution in [2.24, 2.45) is 0 Å². The van der Waals surface area contributed by atoms with E-state index in [1.165, 1.54) is 0 Å². The van der Waals surface area contributed by atoms with E-state index >= 15 is 0 Å². The van der Waals surface area contributed by atoms with Gasteiger partial charge in [0.25, 0.3) is 0 Å². The van der Waals surface area contributed by atoms with Crippen LogP contribution in [0.4, 0.5) is 0 Å². The molecule has 1 heterocycles. The summed E-state index contributed by atoms with van der Waals surface area (Å²) in [5.74, 6) is 1.42. The third-order valence-corrected chi connectivity index (χ3v) is 3.46. The largest absolute Gasteiger partial charge is 0.478 e. The maximum Gasteiger partial charge on any atom is 0.348 e. The molecule has 0 N–H and O–H groups in total. The Balaban J connectivity index is 1.99. The fourth-order valence-electron chi connectivity index (χ4n) is 1.93. The van der Waals surface area contributed by atoms with Crippen LogP contribution in [0, 0.1) is 0 Å². The zero-order chi connectivity index (χ0) is 12.3. The molecule has 17 heavy (non-hydrogen) atoms. The highest BCUT2D eigenvalue weighted by atomic mass is 32.2. The number of rotatable bonds is 4. The Morgan fingerprint density at radius 2 is 2.24 bits per heavy atom. The van der Waals surface area contributed by atoms with Gasteiger partial charge in [0, 0.05) is 17.2 Å². The third-order valence-electron chi connectivity index (χ3n) is 2.88. The van der Waals surface area contributed by atoms with Gasteiger partial charge in [-0.05, 0) is 12.3 Å². The number of fused-ring (bicyclic) bond motifs is 1. The van der Waals surface area contributed by atoms with Gasteiger partial charge >= 0.3 is 5.97 Å². The minimum Gasteiger partial charge on any atom is -0.478 e. The van der Waals surface area contributed by atoms with Crippen LogP contribution in [0.2, 0.25) is 0 Å². The highest BCUT2D eigenvalue weighted by Crippen LogP contribution is 2.37. The van der Waals surface area contributed by atoms with E-state index in [0.29, 0.717) is 6.61 Å². The summed E-state index contributed by atoms with van der Waals surface area (Å²) in [7, 11) is 0. The molecule has 0 saturated heterocycles. The Bertz CT molecular complexity index is 405. The highest BCUT2D eigenvalue weighted by molar-refractivity contribution is 7.98. The normalized spacial score (nSPS) is 21.8. The Morgan fingerprint density at radius 3 is 2.94 bits per heavy atom. The van der Waals surface area contributed by atoms with Gasteiger partial charge in [0.1, 0.15) is 12.4 Å². The lowest BCUT2D eigenvalue weighted by Gasteiger charge is -2.14. The Morgan fingerprint density at radius 1 is 1.47 bits per heavy atom. The van der Waals surface area contributed by atoms with E-state index in [9.17, 15) is 4.79 Å². The Labute approximate surface area is 105 Å². The number of carbonyl (C=O) groups excluding carboxylic acids is 1. The van der Waals surface area contributed by atoms with Gasteiger partial charge in [0.15, 0.2) is 0 Å². The van der Waals surface area contributed by atoms with E-state index in [0.717, 1.165) is 17.1 Å². The van der Waals surface area contributed by atoms with Crippen molar-refractivity contribution in [2.75, 3.05) is 18.6 Å². The van der Waals surface area contributed by atoms with Gasteiger partial charge < -0.3 is 9.47 Å². The van der Waals surface area contributed by atoms with Crippen LogP contribution in [-0.2, 0) is 9.53 Å². The summed E-state index contributed by atoms with van der Waals surface area (Å²) in [5.41, 5.74) is 1.08. The lowest BCUT2D eigenvalue weighted by atomic mass is 9.98. The number of hydrogen-bond donors (Lipinski definition) is 0. The van der Waals surface area contributed by atoms with E-state index < -0.39 is 6.10 Å². The lowest BCUT2D eigenvalue weighted by molar-refractivity contribution is -0.151. The molecule has 1 aliphatic rings. The van der Waals surface area contributed by atoms with Crippen LogP contribution in [0.15, 0.2) is 24.3 Å². The first-order valence-corrected chi connectivity index (χ1v) is 7.04. The molecule has 2 rings (SSSR count). The van der Waals surface area contributed by atoms with Crippen LogP contribution in [0.25, 0.3) is 0 Å². The maximum atomic E-state index is 11.8. The van der Waals surface area contributed by atoms with Crippen LogP contribution in [0.1, 0.15) is 18.4 Å². The van der Waals surface area contributed by atoms with Crippen LogP contribution in [0.3, 0.4) is 0 Å². The third kappa shape index (κ3) is 2.57. The fourth-order valence-corrected chi connectivity index (χ4v) is 2.18. The van der Waals surface area contributed by atoms with E-state index in [-0.39, 0.29) is 11.9 Å². The van der Waals surface area contributed by atoms with Crippen molar-refractivity contribution in [2.45, 2.75) is 18.9 Å². The molecule has 0 fully saturated rings. The van der Waals surface area contributed by atoms with Crippen molar-refractivity contribution in [1.29, 1.82) is 0 Å². The van der Waals surface area contributed by atoms with Crippen LogP contribution in [-0.4, -0.2) is 30.7 Å². The molecular weight excluding hydrogens is 236 g/mol. The molecule has 0 saturated carbocycles. The fraction of sp³-hybridized carbons (Fsp3) is 0.462. The molecule has 92 valence electrons. The minimum absolute atomic E-state index is 0.0629. The molecule has 4 heteroatoms. The number of para-hydroxylation sites is 1. The van der Waals surface area contributed by atoms with Gasteiger partial charge in [0.2, 0.25) is 6.10 Å². The van der Waals surface area contributed by atoms with E-state index in [1.807, 2.05) is 37.4 Å². The first-order valence-electron chi connectivity index (χ1n) is 5.65.